The van der Waals surface area contributed by atoms with Gasteiger partial charge in [0.2, 0.25) is 0 Å². The highest BCUT2D eigenvalue weighted by molar-refractivity contribution is 5.76. The van der Waals surface area contributed by atoms with Crippen LogP contribution in [0.1, 0.15) is 26.7 Å². The first-order valence-corrected chi connectivity index (χ1v) is 5.88. The molecule has 1 saturated heterocycles. The van der Waals surface area contributed by atoms with Gasteiger partial charge in [0.25, 0.3) is 0 Å². The van der Waals surface area contributed by atoms with Crippen molar-refractivity contribution in [2.24, 2.45) is 5.92 Å². The van der Waals surface area contributed by atoms with Crippen molar-refractivity contribution in [3.63, 3.8) is 0 Å². The van der Waals surface area contributed by atoms with Gasteiger partial charge in [-0.3, -0.25) is 4.79 Å². The predicted molar refractivity (Wildman–Crippen MR) is 64.7 cm³/mol. The summed E-state index contributed by atoms with van der Waals surface area (Å²) in [7, 11) is 0. The van der Waals surface area contributed by atoms with Gasteiger partial charge in [0, 0.05) is 18.6 Å². The van der Waals surface area contributed by atoms with Crippen LogP contribution in [0.5, 0.6) is 0 Å². The zero-order valence-corrected chi connectivity index (χ0v) is 10.3. The van der Waals surface area contributed by atoms with Crippen LogP contribution in [-0.4, -0.2) is 40.6 Å². The molecule has 0 bridgehead atoms. The van der Waals surface area contributed by atoms with Crippen LogP contribution in [0.4, 0.5) is 4.79 Å². The lowest BCUT2D eigenvalue weighted by Crippen LogP contribution is -2.51. The lowest BCUT2D eigenvalue weighted by Gasteiger charge is -2.36. The number of likely N-dealkylation sites (tertiary alicyclic amines) is 1. The Morgan fingerprint density at radius 1 is 1.59 bits per heavy atom. The van der Waals surface area contributed by atoms with E-state index in [1.54, 1.807) is 11.0 Å². The van der Waals surface area contributed by atoms with E-state index in [-0.39, 0.29) is 24.0 Å². The zero-order valence-electron chi connectivity index (χ0n) is 10.3. The molecular formula is C12H20N2O3. The Morgan fingerprint density at radius 2 is 2.24 bits per heavy atom. The maximum absolute atomic E-state index is 11.9. The molecule has 3 unspecified atom stereocenters. The Morgan fingerprint density at radius 3 is 2.71 bits per heavy atom. The second-order valence-corrected chi connectivity index (χ2v) is 4.58. The summed E-state index contributed by atoms with van der Waals surface area (Å²) in [6.07, 6.45) is 2.70. The van der Waals surface area contributed by atoms with Crippen molar-refractivity contribution in [3.05, 3.63) is 12.7 Å². The van der Waals surface area contributed by atoms with Gasteiger partial charge in [-0.25, -0.2) is 4.79 Å². The first-order chi connectivity index (χ1) is 7.95. The minimum absolute atomic E-state index is 0.0399. The molecule has 5 heteroatoms. The summed E-state index contributed by atoms with van der Waals surface area (Å²) in [5, 5.41) is 11.7. The van der Waals surface area contributed by atoms with E-state index in [0.29, 0.717) is 19.4 Å². The zero-order chi connectivity index (χ0) is 13.0. The third kappa shape index (κ3) is 3.47. The molecule has 1 fully saturated rings. The number of piperidine rings is 1. The molecular weight excluding hydrogens is 220 g/mol. The summed E-state index contributed by atoms with van der Waals surface area (Å²) in [6.45, 7) is 7.82. The fourth-order valence-electron chi connectivity index (χ4n) is 2.03. The Hall–Kier alpha value is -1.52. The normalized spacial score (nSPS) is 26.1. The van der Waals surface area contributed by atoms with Crippen LogP contribution in [0.15, 0.2) is 12.7 Å². The molecule has 96 valence electrons. The van der Waals surface area contributed by atoms with E-state index < -0.39 is 5.97 Å². The van der Waals surface area contributed by atoms with E-state index in [0.717, 1.165) is 0 Å². The molecule has 1 aliphatic rings. The molecule has 0 aliphatic carbocycles. The number of carbonyl (C=O) groups is 2. The van der Waals surface area contributed by atoms with Crippen LogP contribution in [0.3, 0.4) is 0 Å². The topological polar surface area (TPSA) is 69.6 Å². The van der Waals surface area contributed by atoms with E-state index in [1.165, 1.54) is 0 Å². The highest BCUT2D eigenvalue weighted by Crippen LogP contribution is 2.22. The number of amides is 2. The van der Waals surface area contributed by atoms with Gasteiger partial charge in [0.15, 0.2) is 0 Å². The van der Waals surface area contributed by atoms with Gasteiger partial charge in [-0.05, 0) is 26.7 Å². The van der Waals surface area contributed by atoms with Crippen LogP contribution >= 0.6 is 0 Å². The molecule has 1 rings (SSSR count). The number of hydrogen-bond donors (Lipinski definition) is 2. The van der Waals surface area contributed by atoms with Gasteiger partial charge >= 0.3 is 12.0 Å². The molecule has 3 atom stereocenters. The Balaban J connectivity index is 2.54. The van der Waals surface area contributed by atoms with Crippen LogP contribution in [0, 0.1) is 5.92 Å². The third-order valence-electron chi connectivity index (χ3n) is 3.19. The number of carboxylic acid groups (broad SMARTS) is 1. The fourth-order valence-corrected chi connectivity index (χ4v) is 2.03. The van der Waals surface area contributed by atoms with Gasteiger partial charge in [0.05, 0.1) is 5.92 Å². The van der Waals surface area contributed by atoms with Crippen molar-refractivity contribution in [1.82, 2.24) is 10.2 Å². The molecule has 1 aliphatic heterocycles. The van der Waals surface area contributed by atoms with Crippen molar-refractivity contribution >= 4 is 12.0 Å². The van der Waals surface area contributed by atoms with E-state index in [9.17, 15) is 9.59 Å². The molecule has 2 N–H and O–H groups in total. The van der Waals surface area contributed by atoms with Gasteiger partial charge in [-0.15, -0.1) is 6.58 Å². The Bertz CT molecular complexity index is 317. The first-order valence-electron chi connectivity index (χ1n) is 5.88. The lowest BCUT2D eigenvalue weighted by molar-refractivity contribution is -0.143. The predicted octanol–water partition coefficient (Wildman–Crippen LogP) is 1.46. The standard InChI is InChI=1S/C12H20N2O3/c1-4-8(2)13-12(17)14-6-5-10(11(15)16)7-9(14)3/h4,8-10H,1,5-7H2,2-3H3,(H,13,17)(H,15,16). The molecule has 0 aromatic carbocycles. The highest BCUT2D eigenvalue weighted by atomic mass is 16.4. The molecule has 17 heavy (non-hydrogen) atoms. The number of aliphatic carboxylic acids is 1. The number of hydrogen-bond acceptors (Lipinski definition) is 2. The van der Waals surface area contributed by atoms with Crippen molar-refractivity contribution < 1.29 is 14.7 Å². The second-order valence-electron chi connectivity index (χ2n) is 4.58. The van der Waals surface area contributed by atoms with Crippen LogP contribution in [-0.2, 0) is 4.79 Å². The maximum atomic E-state index is 11.9. The number of carboxylic acids is 1. The number of rotatable bonds is 3. The van der Waals surface area contributed by atoms with Crippen molar-refractivity contribution in [2.45, 2.75) is 38.8 Å². The molecule has 5 nitrogen and oxygen atoms in total. The molecule has 0 aromatic heterocycles. The highest BCUT2D eigenvalue weighted by Gasteiger charge is 2.32. The van der Waals surface area contributed by atoms with Crippen LogP contribution < -0.4 is 5.32 Å². The first kappa shape index (κ1) is 13.5. The third-order valence-corrected chi connectivity index (χ3v) is 3.19. The SMILES string of the molecule is C=CC(C)NC(=O)N1CCC(C(=O)O)CC1C. The molecule has 0 aromatic rings. The van der Waals surface area contributed by atoms with E-state index in [4.69, 9.17) is 5.11 Å². The number of nitrogens with zero attached hydrogens (tertiary/aromatic N) is 1. The average Bonchev–Trinajstić information content (AvgIpc) is 2.28. The molecule has 0 radical (unpaired) electrons. The van der Waals surface area contributed by atoms with Gasteiger partial charge < -0.3 is 15.3 Å². The fraction of sp³-hybridized carbons (Fsp3) is 0.667. The Labute approximate surface area is 101 Å². The van der Waals surface area contributed by atoms with Crippen molar-refractivity contribution in [1.29, 1.82) is 0 Å². The molecule has 0 saturated carbocycles. The van der Waals surface area contributed by atoms with Crippen LogP contribution in [0.2, 0.25) is 0 Å². The van der Waals surface area contributed by atoms with Crippen molar-refractivity contribution in [2.75, 3.05) is 6.54 Å². The summed E-state index contributed by atoms with van der Waals surface area (Å²) >= 11 is 0. The average molecular weight is 240 g/mol. The summed E-state index contributed by atoms with van der Waals surface area (Å²) in [4.78, 5) is 24.4. The second kappa shape index (κ2) is 5.70. The number of carbonyl (C=O) groups excluding carboxylic acids is 1. The van der Waals surface area contributed by atoms with E-state index in [1.807, 2.05) is 13.8 Å². The van der Waals surface area contributed by atoms with E-state index >= 15 is 0 Å². The minimum atomic E-state index is -0.767. The molecule has 2 amide bonds. The summed E-state index contributed by atoms with van der Waals surface area (Å²) in [5.41, 5.74) is 0. The van der Waals surface area contributed by atoms with Crippen molar-refractivity contribution in [3.8, 4) is 0 Å². The summed E-state index contributed by atoms with van der Waals surface area (Å²) in [5.74, 6) is -1.10. The quantitative estimate of drug-likeness (QED) is 0.734. The largest absolute Gasteiger partial charge is 0.481 e. The number of nitrogens with one attached hydrogen (secondary N) is 1. The minimum Gasteiger partial charge on any atom is -0.481 e. The number of urea groups is 1. The molecule has 1 heterocycles. The smallest absolute Gasteiger partial charge is 0.318 e. The van der Waals surface area contributed by atoms with Gasteiger partial charge in [0.1, 0.15) is 0 Å². The Kier molecular flexibility index (Phi) is 4.54. The van der Waals surface area contributed by atoms with Gasteiger partial charge in [-0.1, -0.05) is 6.08 Å². The van der Waals surface area contributed by atoms with Gasteiger partial charge in [-0.2, -0.15) is 0 Å². The van der Waals surface area contributed by atoms with Crippen LogP contribution in [0.25, 0.3) is 0 Å². The summed E-state index contributed by atoms with van der Waals surface area (Å²) in [6, 6.07) is -0.262. The van der Waals surface area contributed by atoms with E-state index in [2.05, 4.69) is 11.9 Å². The lowest BCUT2D eigenvalue weighted by atomic mass is 9.92. The summed E-state index contributed by atoms with van der Waals surface area (Å²) < 4.78 is 0. The molecule has 0 spiro atoms. The maximum Gasteiger partial charge on any atom is 0.318 e. The monoisotopic (exact) mass is 240 g/mol.